The Balaban J connectivity index is 1.81. The maximum atomic E-state index is 11.5. The summed E-state index contributed by atoms with van der Waals surface area (Å²) in [5.74, 6) is 5.02. The molecule has 0 aromatic heterocycles. The van der Waals surface area contributed by atoms with Crippen LogP contribution < -0.4 is 16.2 Å². The van der Waals surface area contributed by atoms with E-state index in [1.165, 1.54) is 16.8 Å². The standard InChI is InChI=1S/C17H19N3O/c18-19-17(21)11-14-6-1-2-7-15(14)12-20-10-9-13-5-3-4-8-16(13)20/h1-8H,9-12,18H2,(H,19,21). The second-order valence-electron chi connectivity index (χ2n) is 5.31. The number of fused-ring (bicyclic) bond motifs is 1. The minimum atomic E-state index is -0.163. The molecule has 2 aromatic carbocycles. The van der Waals surface area contributed by atoms with Crippen molar-refractivity contribution in [3.05, 3.63) is 65.2 Å². The van der Waals surface area contributed by atoms with E-state index in [-0.39, 0.29) is 5.91 Å². The summed E-state index contributed by atoms with van der Waals surface area (Å²) in [6.07, 6.45) is 1.41. The van der Waals surface area contributed by atoms with Gasteiger partial charge in [0.25, 0.3) is 0 Å². The molecular formula is C17H19N3O. The van der Waals surface area contributed by atoms with Crippen LogP contribution in [0.25, 0.3) is 0 Å². The summed E-state index contributed by atoms with van der Waals surface area (Å²) in [7, 11) is 0. The van der Waals surface area contributed by atoms with Gasteiger partial charge < -0.3 is 4.90 Å². The number of nitrogens with zero attached hydrogens (tertiary/aromatic N) is 1. The summed E-state index contributed by atoms with van der Waals surface area (Å²) >= 11 is 0. The summed E-state index contributed by atoms with van der Waals surface area (Å²) in [5, 5.41) is 0. The van der Waals surface area contributed by atoms with Gasteiger partial charge >= 0.3 is 0 Å². The first-order valence-electron chi connectivity index (χ1n) is 7.17. The van der Waals surface area contributed by atoms with Crippen molar-refractivity contribution in [1.82, 2.24) is 5.43 Å². The number of hydrazine groups is 1. The van der Waals surface area contributed by atoms with Crippen LogP contribution in [0.3, 0.4) is 0 Å². The highest BCUT2D eigenvalue weighted by Gasteiger charge is 2.19. The lowest BCUT2D eigenvalue weighted by molar-refractivity contribution is -0.120. The highest BCUT2D eigenvalue weighted by atomic mass is 16.2. The van der Waals surface area contributed by atoms with Gasteiger partial charge in [-0.15, -0.1) is 0 Å². The molecular weight excluding hydrogens is 262 g/mol. The number of hydrogen-bond acceptors (Lipinski definition) is 3. The molecule has 0 fully saturated rings. The Kier molecular flexibility index (Phi) is 3.88. The third kappa shape index (κ3) is 2.90. The summed E-state index contributed by atoms with van der Waals surface area (Å²) in [6, 6.07) is 16.6. The molecule has 3 N–H and O–H groups in total. The summed E-state index contributed by atoms with van der Waals surface area (Å²) in [6.45, 7) is 1.85. The van der Waals surface area contributed by atoms with E-state index in [1.807, 2.05) is 18.2 Å². The fourth-order valence-corrected chi connectivity index (χ4v) is 2.88. The van der Waals surface area contributed by atoms with Crippen LogP contribution in [-0.2, 0) is 24.2 Å². The van der Waals surface area contributed by atoms with Gasteiger partial charge in [-0.25, -0.2) is 5.84 Å². The van der Waals surface area contributed by atoms with Crippen molar-refractivity contribution in [2.24, 2.45) is 5.84 Å². The first-order valence-corrected chi connectivity index (χ1v) is 7.17. The molecule has 0 unspecified atom stereocenters. The van der Waals surface area contributed by atoms with Crippen molar-refractivity contribution < 1.29 is 4.79 Å². The molecule has 0 bridgehead atoms. The van der Waals surface area contributed by atoms with Crippen LogP contribution in [0.4, 0.5) is 5.69 Å². The first kappa shape index (κ1) is 13.6. The Morgan fingerprint density at radius 3 is 2.62 bits per heavy atom. The molecule has 0 radical (unpaired) electrons. The van der Waals surface area contributed by atoms with Crippen molar-refractivity contribution in [2.45, 2.75) is 19.4 Å². The van der Waals surface area contributed by atoms with E-state index in [0.29, 0.717) is 6.42 Å². The minimum absolute atomic E-state index is 0.163. The maximum absolute atomic E-state index is 11.5. The van der Waals surface area contributed by atoms with E-state index < -0.39 is 0 Å². The van der Waals surface area contributed by atoms with Crippen LogP contribution in [0.15, 0.2) is 48.5 Å². The van der Waals surface area contributed by atoms with Crippen molar-refractivity contribution in [1.29, 1.82) is 0 Å². The highest BCUT2D eigenvalue weighted by Crippen LogP contribution is 2.29. The SMILES string of the molecule is NNC(=O)Cc1ccccc1CN1CCc2ccccc21. The first-order chi connectivity index (χ1) is 10.3. The number of rotatable bonds is 4. The van der Waals surface area contributed by atoms with Crippen molar-refractivity contribution in [2.75, 3.05) is 11.4 Å². The number of hydrogen-bond donors (Lipinski definition) is 2. The Bertz CT molecular complexity index is 654. The van der Waals surface area contributed by atoms with Gasteiger partial charge in [0.1, 0.15) is 0 Å². The molecule has 1 aliphatic rings. The predicted molar refractivity (Wildman–Crippen MR) is 83.7 cm³/mol. The Morgan fingerprint density at radius 2 is 1.81 bits per heavy atom. The number of anilines is 1. The fraction of sp³-hybridized carbons (Fsp3) is 0.235. The zero-order chi connectivity index (χ0) is 14.7. The van der Waals surface area contributed by atoms with E-state index in [4.69, 9.17) is 5.84 Å². The van der Waals surface area contributed by atoms with Crippen molar-refractivity contribution >= 4 is 11.6 Å². The molecule has 1 amide bonds. The molecule has 0 atom stereocenters. The number of para-hydroxylation sites is 1. The number of nitrogens with two attached hydrogens (primary N) is 1. The maximum Gasteiger partial charge on any atom is 0.238 e. The number of amides is 1. The van der Waals surface area contributed by atoms with Gasteiger partial charge in [0.15, 0.2) is 0 Å². The van der Waals surface area contributed by atoms with Gasteiger partial charge in [-0.2, -0.15) is 0 Å². The number of carbonyl (C=O) groups excluding carboxylic acids is 1. The van der Waals surface area contributed by atoms with Crippen LogP contribution in [0.2, 0.25) is 0 Å². The van der Waals surface area contributed by atoms with Crippen LogP contribution in [0.1, 0.15) is 16.7 Å². The lowest BCUT2D eigenvalue weighted by atomic mass is 10.0. The van der Waals surface area contributed by atoms with Gasteiger partial charge in [-0.05, 0) is 29.2 Å². The molecule has 4 nitrogen and oxygen atoms in total. The van der Waals surface area contributed by atoms with Crippen LogP contribution in [0.5, 0.6) is 0 Å². The van der Waals surface area contributed by atoms with Gasteiger partial charge in [-0.3, -0.25) is 10.2 Å². The summed E-state index contributed by atoms with van der Waals surface area (Å²) in [4.78, 5) is 13.9. The third-order valence-electron chi connectivity index (χ3n) is 3.97. The van der Waals surface area contributed by atoms with Crippen molar-refractivity contribution in [3.63, 3.8) is 0 Å². The molecule has 2 aromatic rings. The number of benzene rings is 2. The predicted octanol–water partition coefficient (Wildman–Crippen LogP) is 1.78. The van der Waals surface area contributed by atoms with E-state index in [9.17, 15) is 4.79 Å². The topological polar surface area (TPSA) is 58.4 Å². The average molecular weight is 281 g/mol. The molecule has 21 heavy (non-hydrogen) atoms. The molecule has 3 rings (SSSR count). The normalized spacial score (nSPS) is 13.1. The van der Waals surface area contributed by atoms with E-state index in [2.05, 4.69) is 40.7 Å². The molecule has 0 saturated heterocycles. The van der Waals surface area contributed by atoms with Gasteiger partial charge in [-0.1, -0.05) is 42.5 Å². The second-order valence-corrected chi connectivity index (χ2v) is 5.31. The highest BCUT2D eigenvalue weighted by molar-refractivity contribution is 5.78. The monoisotopic (exact) mass is 281 g/mol. The lowest BCUT2D eigenvalue weighted by Crippen LogP contribution is -2.32. The molecule has 108 valence electrons. The molecule has 0 aliphatic carbocycles. The van der Waals surface area contributed by atoms with Gasteiger partial charge in [0.2, 0.25) is 5.91 Å². The smallest absolute Gasteiger partial charge is 0.238 e. The summed E-state index contributed by atoms with van der Waals surface area (Å²) in [5.41, 5.74) is 7.11. The fourth-order valence-electron chi connectivity index (χ4n) is 2.88. The second kappa shape index (κ2) is 5.97. The molecule has 0 saturated carbocycles. The zero-order valence-electron chi connectivity index (χ0n) is 11.9. The molecule has 1 heterocycles. The number of nitrogens with one attached hydrogen (secondary N) is 1. The van der Waals surface area contributed by atoms with Crippen molar-refractivity contribution in [3.8, 4) is 0 Å². The Labute approximate surface area is 124 Å². The number of carbonyl (C=O) groups is 1. The quantitative estimate of drug-likeness (QED) is 0.510. The molecule has 1 aliphatic heterocycles. The largest absolute Gasteiger partial charge is 0.367 e. The van der Waals surface area contributed by atoms with Gasteiger partial charge in [0, 0.05) is 18.8 Å². The molecule has 0 spiro atoms. The average Bonchev–Trinajstić information content (AvgIpc) is 2.92. The van der Waals surface area contributed by atoms with Crippen LogP contribution >= 0.6 is 0 Å². The minimum Gasteiger partial charge on any atom is -0.367 e. The summed E-state index contributed by atoms with van der Waals surface area (Å²) < 4.78 is 0. The van der Waals surface area contributed by atoms with E-state index in [1.54, 1.807) is 0 Å². The molecule has 4 heteroatoms. The third-order valence-corrected chi connectivity index (χ3v) is 3.97. The van der Waals surface area contributed by atoms with E-state index >= 15 is 0 Å². The van der Waals surface area contributed by atoms with Crippen LogP contribution in [0, 0.1) is 0 Å². The Hall–Kier alpha value is -2.33. The van der Waals surface area contributed by atoms with Crippen LogP contribution in [-0.4, -0.2) is 12.5 Å². The zero-order valence-corrected chi connectivity index (χ0v) is 11.9. The Morgan fingerprint density at radius 1 is 1.10 bits per heavy atom. The van der Waals surface area contributed by atoms with Gasteiger partial charge in [0.05, 0.1) is 6.42 Å². The van der Waals surface area contributed by atoms with E-state index in [0.717, 1.165) is 25.1 Å². The lowest BCUT2D eigenvalue weighted by Gasteiger charge is -2.21.